The zero-order valence-corrected chi connectivity index (χ0v) is 13.3. The van der Waals surface area contributed by atoms with Crippen molar-refractivity contribution in [2.45, 2.75) is 76.7 Å². The average Bonchev–Trinajstić information content (AvgIpc) is 3.27. The molecule has 5 nitrogen and oxygen atoms in total. The SMILES string of the molecule is CC(NCC(O)COC1CCCCC1C)C(=O)NC1CC1. The van der Waals surface area contributed by atoms with Gasteiger partial charge in [-0.05, 0) is 38.5 Å². The van der Waals surface area contributed by atoms with Gasteiger partial charge in [-0.3, -0.25) is 4.79 Å². The van der Waals surface area contributed by atoms with Crippen molar-refractivity contribution in [3.8, 4) is 0 Å². The van der Waals surface area contributed by atoms with Gasteiger partial charge in [-0.15, -0.1) is 0 Å². The Morgan fingerprint density at radius 1 is 1.29 bits per heavy atom. The molecule has 4 atom stereocenters. The summed E-state index contributed by atoms with van der Waals surface area (Å²) in [6.07, 6.45) is 6.74. The third-order valence-corrected chi connectivity index (χ3v) is 4.51. The number of hydrogen-bond acceptors (Lipinski definition) is 4. The second-order valence-corrected chi connectivity index (χ2v) is 6.70. The Morgan fingerprint density at radius 3 is 2.67 bits per heavy atom. The Hall–Kier alpha value is -0.650. The number of carbonyl (C=O) groups excluding carboxylic acids is 1. The van der Waals surface area contributed by atoms with Gasteiger partial charge in [-0.25, -0.2) is 0 Å². The maximum absolute atomic E-state index is 11.8. The predicted octanol–water partition coefficient (Wildman–Crippen LogP) is 1.20. The lowest BCUT2D eigenvalue weighted by Crippen LogP contribution is -2.46. The van der Waals surface area contributed by atoms with E-state index in [1.165, 1.54) is 19.3 Å². The monoisotopic (exact) mass is 298 g/mol. The summed E-state index contributed by atoms with van der Waals surface area (Å²) >= 11 is 0. The van der Waals surface area contributed by atoms with E-state index in [0.717, 1.165) is 19.3 Å². The highest BCUT2D eigenvalue weighted by Gasteiger charge is 2.26. The number of nitrogens with one attached hydrogen (secondary N) is 2. The molecule has 0 saturated heterocycles. The Morgan fingerprint density at radius 2 is 2.00 bits per heavy atom. The second-order valence-electron chi connectivity index (χ2n) is 6.70. The van der Waals surface area contributed by atoms with Crippen LogP contribution < -0.4 is 10.6 Å². The molecule has 21 heavy (non-hydrogen) atoms. The van der Waals surface area contributed by atoms with Crippen LogP contribution in [0.15, 0.2) is 0 Å². The Balaban J connectivity index is 1.57. The minimum atomic E-state index is -0.560. The summed E-state index contributed by atoms with van der Waals surface area (Å²) in [6, 6.07) is 0.108. The highest BCUT2D eigenvalue weighted by atomic mass is 16.5. The lowest BCUT2D eigenvalue weighted by atomic mass is 9.88. The summed E-state index contributed by atoms with van der Waals surface area (Å²) < 4.78 is 5.83. The molecule has 2 fully saturated rings. The lowest BCUT2D eigenvalue weighted by Gasteiger charge is -2.29. The zero-order valence-electron chi connectivity index (χ0n) is 13.3. The summed E-state index contributed by atoms with van der Waals surface area (Å²) in [4.78, 5) is 11.8. The first-order chi connectivity index (χ1) is 10.1. The van der Waals surface area contributed by atoms with Crippen LogP contribution >= 0.6 is 0 Å². The molecule has 2 aliphatic rings. The van der Waals surface area contributed by atoms with Gasteiger partial charge >= 0.3 is 0 Å². The minimum Gasteiger partial charge on any atom is -0.389 e. The van der Waals surface area contributed by atoms with Gasteiger partial charge in [0.25, 0.3) is 0 Å². The van der Waals surface area contributed by atoms with E-state index >= 15 is 0 Å². The maximum Gasteiger partial charge on any atom is 0.237 e. The van der Waals surface area contributed by atoms with Crippen LogP contribution in [0.5, 0.6) is 0 Å². The van der Waals surface area contributed by atoms with Crippen LogP contribution in [0, 0.1) is 5.92 Å². The molecule has 0 heterocycles. The van der Waals surface area contributed by atoms with E-state index in [1.807, 2.05) is 6.92 Å². The number of hydrogen-bond donors (Lipinski definition) is 3. The van der Waals surface area contributed by atoms with Crippen molar-refractivity contribution < 1.29 is 14.6 Å². The molecule has 3 N–H and O–H groups in total. The number of aliphatic hydroxyl groups is 1. The van der Waals surface area contributed by atoms with Gasteiger partial charge in [0.2, 0.25) is 5.91 Å². The molecule has 0 bridgehead atoms. The zero-order chi connectivity index (χ0) is 15.2. The number of aliphatic hydroxyl groups excluding tert-OH is 1. The predicted molar refractivity (Wildman–Crippen MR) is 82.0 cm³/mol. The summed E-state index contributed by atoms with van der Waals surface area (Å²) in [5.74, 6) is 0.605. The summed E-state index contributed by atoms with van der Waals surface area (Å²) in [6.45, 7) is 4.78. The fourth-order valence-electron chi connectivity index (χ4n) is 2.78. The lowest BCUT2D eigenvalue weighted by molar-refractivity contribution is -0.123. The Bertz CT molecular complexity index is 333. The fourth-order valence-corrected chi connectivity index (χ4v) is 2.78. The smallest absolute Gasteiger partial charge is 0.237 e. The summed E-state index contributed by atoms with van der Waals surface area (Å²) in [5.41, 5.74) is 0. The molecule has 0 radical (unpaired) electrons. The molecule has 122 valence electrons. The average molecular weight is 298 g/mol. The van der Waals surface area contributed by atoms with Crippen molar-refractivity contribution >= 4 is 5.91 Å². The summed E-state index contributed by atoms with van der Waals surface area (Å²) in [7, 11) is 0. The molecule has 2 saturated carbocycles. The molecular formula is C16H30N2O3. The van der Waals surface area contributed by atoms with E-state index in [2.05, 4.69) is 17.6 Å². The molecule has 5 heteroatoms. The Labute approximate surface area is 127 Å². The first kappa shape index (κ1) is 16.7. The normalized spacial score (nSPS) is 28.9. The maximum atomic E-state index is 11.8. The van der Waals surface area contributed by atoms with Crippen LogP contribution in [0.25, 0.3) is 0 Å². The van der Waals surface area contributed by atoms with Crippen molar-refractivity contribution in [1.29, 1.82) is 0 Å². The van der Waals surface area contributed by atoms with E-state index in [1.54, 1.807) is 0 Å². The molecule has 0 aromatic carbocycles. The molecule has 2 rings (SSSR count). The minimum absolute atomic E-state index is 0.0199. The first-order valence-corrected chi connectivity index (χ1v) is 8.39. The standard InChI is InChI=1S/C16H30N2O3/c1-11-5-3-4-6-15(11)21-10-14(19)9-17-12(2)16(20)18-13-7-8-13/h11-15,17,19H,3-10H2,1-2H3,(H,18,20). The van der Waals surface area contributed by atoms with E-state index < -0.39 is 6.10 Å². The van der Waals surface area contributed by atoms with Crippen molar-refractivity contribution in [1.82, 2.24) is 10.6 Å². The molecule has 0 aromatic heterocycles. The third-order valence-electron chi connectivity index (χ3n) is 4.51. The number of amides is 1. The molecule has 2 aliphatic carbocycles. The van der Waals surface area contributed by atoms with Crippen LogP contribution in [0.2, 0.25) is 0 Å². The van der Waals surface area contributed by atoms with Gasteiger partial charge < -0.3 is 20.5 Å². The molecule has 0 spiro atoms. The van der Waals surface area contributed by atoms with E-state index in [0.29, 0.717) is 25.1 Å². The highest BCUT2D eigenvalue weighted by molar-refractivity contribution is 5.81. The Kier molecular flexibility index (Phi) is 6.45. The van der Waals surface area contributed by atoms with Gasteiger partial charge in [0.1, 0.15) is 0 Å². The van der Waals surface area contributed by atoms with Gasteiger partial charge in [0, 0.05) is 12.6 Å². The summed E-state index contributed by atoms with van der Waals surface area (Å²) in [5, 5.41) is 16.0. The topological polar surface area (TPSA) is 70.6 Å². The fraction of sp³-hybridized carbons (Fsp3) is 0.938. The van der Waals surface area contributed by atoms with Crippen LogP contribution in [-0.2, 0) is 9.53 Å². The number of rotatable bonds is 8. The van der Waals surface area contributed by atoms with Gasteiger partial charge in [-0.2, -0.15) is 0 Å². The largest absolute Gasteiger partial charge is 0.389 e. The molecule has 1 amide bonds. The van der Waals surface area contributed by atoms with Crippen molar-refractivity contribution in [2.75, 3.05) is 13.2 Å². The van der Waals surface area contributed by atoms with E-state index in [9.17, 15) is 9.90 Å². The van der Waals surface area contributed by atoms with Crippen LogP contribution in [0.3, 0.4) is 0 Å². The van der Waals surface area contributed by atoms with Gasteiger partial charge in [0.15, 0.2) is 0 Å². The van der Waals surface area contributed by atoms with Gasteiger partial charge in [0.05, 0.1) is 24.9 Å². The van der Waals surface area contributed by atoms with Crippen molar-refractivity contribution in [3.05, 3.63) is 0 Å². The quantitative estimate of drug-likeness (QED) is 0.630. The number of carbonyl (C=O) groups is 1. The second kappa shape index (κ2) is 8.11. The van der Waals surface area contributed by atoms with Crippen LogP contribution in [-0.4, -0.2) is 48.5 Å². The van der Waals surface area contributed by atoms with Gasteiger partial charge in [-0.1, -0.05) is 19.8 Å². The number of ether oxygens (including phenoxy) is 1. The van der Waals surface area contributed by atoms with Crippen LogP contribution in [0.1, 0.15) is 52.4 Å². The van der Waals surface area contributed by atoms with E-state index in [-0.39, 0.29) is 18.1 Å². The molecular weight excluding hydrogens is 268 g/mol. The van der Waals surface area contributed by atoms with Crippen molar-refractivity contribution in [3.63, 3.8) is 0 Å². The molecule has 0 aliphatic heterocycles. The molecule has 0 aromatic rings. The first-order valence-electron chi connectivity index (χ1n) is 8.39. The van der Waals surface area contributed by atoms with Crippen LogP contribution in [0.4, 0.5) is 0 Å². The third kappa shape index (κ3) is 5.93. The highest BCUT2D eigenvalue weighted by Crippen LogP contribution is 2.26. The van der Waals surface area contributed by atoms with E-state index in [4.69, 9.17) is 4.74 Å². The van der Waals surface area contributed by atoms with Crippen molar-refractivity contribution in [2.24, 2.45) is 5.92 Å². The molecule has 4 unspecified atom stereocenters.